The van der Waals surface area contributed by atoms with Gasteiger partial charge in [-0.1, -0.05) is 30.3 Å². The molecule has 0 unspecified atom stereocenters. The molecule has 0 heterocycles. The standard InChI is InChI=1S/C12H17NO3/c1-15-9-11(12(14)16-2)13-8-10-6-4-3-5-7-10/h3-7,11,13H,8-9H2,1-2H3/t11-/m1/s1. The molecule has 1 atom stereocenters. The average Bonchev–Trinajstić information content (AvgIpc) is 2.34. The molecule has 0 aliphatic rings. The molecule has 0 aromatic heterocycles. The van der Waals surface area contributed by atoms with Gasteiger partial charge in [0.05, 0.1) is 13.7 Å². The Morgan fingerprint density at radius 3 is 2.56 bits per heavy atom. The van der Waals surface area contributed by atoms with Crippen LogP contribution in [0.5, 0.6) is 0 Å². The molecule has 4 heteroatoms. The Kier molecular flexibility index (Phi) is 5.53. The van der Waals surface area contributed by atoms with E-state index in [4.69, 9.17) is 4.74 Å². The first-order valence-electron chi connectivity index (χ1n) is 5.12. The lowest BCUT2D eigenvalue weighted by molar-refractivity contribution is -0.144. The van der Waals surface area contributed by atoms with Crippen molar-refractivity contribution in [3.63, 3.8) is 0 Å². The Bertz CT molecular complexity index is 313. The van der Waals surface area contributed by atoms with Gasteiger partial charge in [-0.25, -0.2) is 0 Å². The molecule has 4 nitrogen and oxygen atoms in total. The van der Waals surface area contributed by atoms with E-state index in [0.29, 0.717) is 13.2 Å². The van der Waals surface area contributed by atoms with Crippen molar-refractivity contribution < 1.29 is 14.3 Å². The van der Waals surface area contributed by atoms with Gasteiger partial charge in [0.15, 0.2) is 0 Å². The molecule has 1 rings (SSSR count). The maximum Gasteiger partial charge on any atom is 0.325 e. The fourth-order valence-corrected chi connectivity index (χ4v) is 1.36. The lowest BCUT2D eigenvalue weighted by Gasteiger charge is -2.15. The van der Waals surface area contributed by atoms with E-state index in [1.807, 2.05) is 30.3 Å². The molecule has 1 aromatic rings. The van der Waals surface area contributed by atoms with Gasteiger partial charge in [-0.3, -0.25) is 10.1 Å². The van der Waals surface area contributed by atoms with E-state index in [1.165, 1.54) is 7.11 Å². The molecule has 0 aliphatic carbocycles. The van der Waals surface area contributed by atoms with Crippen molar-refractivity contribution in [1.29, 1.82) is 0 Å². The molecule has 0 radical (unpaired) electrons. The van der Waals surface area contributed by atoms with Crippen molar-refractivity contribution in [3.8, 4) is 0 Å². The normalized spacial score (nSPS) is 12.1. The van der Waals surface area contributed by atoms with E-state index in [1.54, 1.807) is 7.11 Å². The van der Waals surface area contributed by atoms with Crippen LogP contribution in [0.25, 0.3) is 0 Å². The molecule has 1 aromatic carbocycles. The molecular weight excluding hydrogens is 206 g/mol. The van der Waals surface area contributed by atoms with Crippen LogP contribution in [0.3, 0.4) is 0 Å². The predicted molar refractivity (Wildman–Crippen MR) is 61.0 cm³/mol. The summed E-state index contributed by atoms with van der Waals surface area (Å²) < 4.78 is 9.62. The fraction of sp³-hybridized carbons (Fsp3) is 0.417. The maximum atomic E-state index is 11.4. The van der Waals surface area contributed by atoms with Crippen molar-refractivity contribution in [2.45, 2.75) is 12.6 Å². The molecule has 1 N–H and O–H groups in total. The van der Waals surface area contributed by atoms with Crippen LogP contribution in [0.1, 0.15) is 5.56 Å². The summed E-state index contributed by atoms with van der Waals surface area (Å²) in [5.41, 5.74) is 1.12. The molecule has 0 bridgehead atoms. The molecule has 0 saturated heterocycles. The van der Waals surface area contributed by atoms with Crippen LogP contribution >= 0.6 is 0 Å². The second kappa shape index (κ2) is 6.98. The maximum absolute atomic E-state index is 11.4. The molecule has 0 spiro atoms. The van der Waals surface area contributed by atoms with Crippen molar-refractivity contribution in [3.05, 3.63) is 35.9 Å². The molecule has 0 aliphatic heterocycles. The third-order valence-corrected chi connectivity index (χ3v) is 2.21. The molecule has 0 amide bonds. The van der Waals surface area contributed by atoms with E-state index in [2.05, 4.69) is 10.1 Å². The Hall–Kier alpha value is -1.39. The van der Waals surface area contributed by atoms with Gasteiger partial charge >= 0.3 is 5.97 Å². The summed E-state index contributed by atoms with van der Waals surface area (Å²) in [6, 6.07) is 9.44. The first kappa shape index (κ1) is 12.7. The van der Waals surface area contributed by atoms with Gasteiger partial charge in [-0.15, -0.1) is 0 Å². The minimum atomic E-state index is -0.421. The quantitative estimate of drug-likeness (QED) is 0.730. The highest BCUT2D eigenvalue weighted by Gasteiger charge is 2.17. The Balaban J connectivity index is 2.47. The van der Waals surface area contributed by atoms with Gasteiger partial charge in [0.1, 0.15) is 6.04 Å². The smallest absolute Gasteiger partial charge is 0.325 e. The Morgan fingerprint density at radius 2 is 2.00 bits per heavy atom. The third-order valence-electron chi connectivity index (χ3n) is 2.21. The van der Waals surface area contributed by atoms with Crippen LogP contribution < -0.4 is 5.32 Å². The number of methoxy groups -OCH3 is 2. The molecule has 88 valence electrons. The number of carbonyl (C=O) groups excluding carboxylic acids is 1. The first-order valence-corrected chi connectivity index (χ1v) is 5.12. The predicted octanol–water partition coefficient (Wildman–Crippen LogP) is 0.964. The largest absolute Gasteiger partial charge is 0.468 e. The van der Waals surface area contributed by atoms with Crippen LogP contribution in [0.4, 0.5) is 0 Å². The van der Waals surface area contributed by atoms with E-state index >= 15 is 0 Å². The zero-order valence-corrected chi connectivity index (χ0v) is 9.60. The van der Waals surface area contributed by atoms with E-state index in [0.717, 1.165) is 5.56 Å². The topological polar surface area (TPSA) is 47.6 Å². The number of nitrogens with one attached hydrogen (secondary N) is 1. The SMILES string of the molecule is COC[C@@H](NCc1ccccc1)C(=O)OC. The molecule has 16 heavy (non-hydrogen) atoms. The van der Waals surface area contributed by atoms with Crippen LogP contribution in [-0.2, 0) is 20.8 Å². The number of benzene rings is 1. The van der Waals surface area contributed by atoms with Gasteiger partial charge in [-0.2, -0.15) is 0 Å². The number of esters is 1. The number of hydrogen-bond donors (Lipinski definition) is 1. The van der Waals surface area contributed by atoms with Crippen LogP contribution in [0.2, 0.25) is 0 Å². The minimum absolute atomic E-state index is 0.305. The van der Waals surface area contributed by atoms with Crippen molar-refractivity contribution in [2.24, 2.45) is 0 Å². The highest BCUT2D eigenvalue weighted by atomic mass is 16.5. The summed E-state index contributed by atoms with van der Waals surface area (Å²) in [6.45, 7) is 0.920. The van der Waals surface area contributed by atoms with Gasteiger partial charge < -0.3 is 9.47 Å². The highest BCUT2D eigenvalue weighted by molar-refractivity contribution is 5.75. The second-order valence-electron chi connectivity index (χ2n) is 3.40. The van der Waals surface area contributed by atoms with Gasteiger partial charge in [0, 0.05) is 13.7 Å². The lowest BCUT2D eigenvalue weighted by atomic mass is 10.2. The summed E-state index contributed by atoms with van der Waals surface area (Å²) in [7, 11) is 2.93. The second-order valence-corrected chi connectivity index (χ2v) is 3.40. The van der Waals surface area contributed by atoms with Gasteiger partial charge in [-0.05, 0) is 5.56 Å². The zero-order chi connectivity index (χ0) is 11.8. The summed E-state index contributed by atoms with van der Waals surface area (Å²) in [6.07, 6.45) is 0. The molecule has 0 fully saturated rings. The molecular formula is C12H17NO3. The average molecular weight is 223 g/mol. The summed E-state index contributed by atoms with van der Waals surface area (Å²) in [4.78, 5) is 11.4. The number of ether oxygens (including phenoxy) is 2. The van der Waals surface area contributed by atoms with Crippen LogP contribution in [-0.4, -0.2) is 32.8 Å². The van der Waals surface area contributed by atoms with Gasteiger partial charge in [0.25, 0.3) is 0 Å². The van der Waals surface area contributed by atoms with Crippen molar-refractivity contribution in [1.82, 2.24) is 5.32 Å². The van der Waals surface area contributed by atoms with Crippen LogP contribution in [0.15, 0.2) is 30.3 Å². The summed E-state index contributed by atoms with van der Waals surface area (Å²) in [5, 5.41) is 3.09. The van der Waals surface area contributed by atoms with E-state index in [9.17, 15) is 4.79 Å². The van der Waals surface area contributed by atoms with Gasteiger partial charge in [0.2, 0.25) is 0 Å². The highest BCUT2D eigenvalue weighted by Crippen LogP contribution is 1.99. The van der Waals surface area contributed by atoms with Crippen molar-refractivity contribution in [2.75, 3.05) is 20.8 Å². The van der Waals surface area contributed by atoms with Crippen molar-refractivity contribution >= 4 is 5.97 Å². The Morgan fingerprint density at radius 1 is 1.31 bits per heavy atom. The van der Waals surface area contributed by atoms with E-state index in [-0.39, 0.29) is 5.97 Å². The summed E-state index contributed by atoms with van der Waals surface area (Å²) >= 11 is 0. The van der Waals surface area contributed by atoms with E-state index < -0.39 is 6.04 Å². The first-order chi connectivity index (χ1) is 7.77. The number of hydrogen-bond acceptors (Lipinski definition) is 4. The number of rotatable bonds is 6. The fourth-order valence-electron chi connectivity index (χ4n) is 1.36. The minimum Gasteiger partial charge on any atom is -0.468 e. The molecule has 0 saturated carbocycles. The Labute approximate surface area is 95.6 Å². The monoisotopic (exact) mass is 223 g/mol. The summed E-state index contributed by atoms with van der Waals surface area (Å²) in [5.74, 6) is -0.308. The third kappa shape index (κ3) is 4.00. The lowest BCUT2D eigenvalue weighted by Crippen LogP contribution is -2.40. The van der Waals surface area contributed by atoms with Crippen LogP contribution in [0, 0.1) is 0 Å². The zero-order valence-electron chi connectivity index (χ0n) is 9.60. The number of carbonyl (C=O) groups is 1.